The van der Waals surface area contributed by atoms with Crippen molar-refractivity contribution >= 4 is 27.0 Å². The first-order chi connectivity index (χ1) is 7.81. The zero-order chi connectivity index (χ0) is 12.7. The largest absolute Gasteiger partial charge is 0.384 e. The van der Waals surface area contributed by atoms with E-state index in [1.54, 1.807) is 0 Å². The van der Waals surface area contributed by atoms with Crippen molar-refractivity contribution in [2.45, 2.75) is 35.6 Å². The molecule has 1 fully saturated rings. The quantitative estimate of drug-likeness (QED) is 0.866. The fourth-order valence-corrected chi connectivity index (χ4v) is 3.75. The first-order valence-corrected chi connectivity index (χ1v) is 7.92. The zero-order valence-electron chi connectivity index (χ0n) is 9.34. The number of ketones is 1. The molecule has 0 aliphatic heterocycles. The summed E-state index contributed by atoms with van der Waals surface area (Å²) in [6, 6.07) is 0. The average Bonchev–Trinajstić information content (AvgIpc) is 2.72. The van der Waals surface area contributed by atoms with Gasteiger partial charge < -0.3 is 5.11 Å². The van der Waals surface area contributed by atoms with Crippen LogP contribution in [0.4, 0.5) is 0 Å². The molecule has 1 aromatic heterocycles. The van der Waals surface area contributed by atoms with E-state index in [4.69, 9.17) is 0 Å². The van der Waals surface area contributed by atoms with E-state index in [0.717, 1.165) is 17.6 Å². The average molecular weight is 275 g/mol. The van der Waals surface area contributed by atoms with Crippen LogP contribution in [0, 0.1) is 0 Å². The van der Waals surface area contributed by atoms with Crippen LogP contribution in [0.1, 0.15) is 30.6 Å². The highest BCUT2D eigenvalue weighted by atomic mass is 32.2. The molecule has 2 rings (SSSR count). The van der Waals surface area contributed by atoms with Crippen molar-refractivity contribution in [2.75, 3.05) is 6.26 Å². The molecular formula is C10H13NO4S2. The Balaban J connectivity index is 2.29. The summed E-state index contributed by atoms with van der Waals surface area (Å²) in [7, 11) is -3.33. The summed E-state index contributed by atoms with van der Waals surface area (Å²) in [6.07, 6.45) is 3.85. The number of aliphatic hydroxyl groups is 1. The molecule has 0 amide bonds. The maximum absolute atomic E-state index is 11.3. The molecule has 1 saturated carbocycles. The van der Waals surface area contributed by atoms with Gasteiger partial charge in [0.2, 0.25) is 14.2 Å². The Morgan fingerprint density at radius 2 is 2.00 bits per heavy atom. The molecule has 1 heterocycles. The summed E-state index contributed by atoms with van der Waals surface area (Å²) in [5.41, 5.74) is -1.09. The molecule has 5 nitrogen and oxygen atoms in total. The highest BCUT2D eigenvalue weighted by molar-refractivity contribution is 7.92. The van der Waals surface area contributed by atoms with Crippen molar-refractivity contribution in [3.8, 4) is 0 Å². The lowest BCUT2D eigenvalue weighted by Gasteiger charge is -2.29. The molecule has 0 atom stereocenters. The number of sulfone groups is 1. The van der Waals surface area contributed by atoms with Crippen LogP contribution in [0.25, 0.3) is 0 Å². The van der Waals surface area contributed by atoms with Gasteiger partial charge in [-0.05, 0) is 12.8 Å². The van der Waals surface area contributed by atoms with Gasteiger partial charge in [-0.1, -0.05) is 0 Å². The molecule has 0 unspecified atom stereocenters. The van der Waals surface area contributed by atoms with Gasteiger partial charge in [0.1, 0.15) is 11.4 Å². The van der Waals surface area contributed by atoms with Gasteiger partial charge in [0.05, 0.1) is 4.88 Å². The van der Waals surface area contributed by atoms with Crippen LogP contribution in [-0.2, 0) is 20.2 Å². The standard InChI is InChI=1S/C10H13NO4S2/c1-17(14,15)9-11-6-8(16-9)10(13)4-2-7(12)3-5-10/h6,13H,2-5H2,1H3. The lowest BCUT2D eigenvalue weighted by Crippen LogP contribution is -2.30. The topological polar surface area (TPSA) is 84.3 Å². The SMILES string of the molecule is CS(=O)(=O)c1ncc(C2(O)CCC(=O)CC2)s1. The number of nitrogens with zero attached hydrogens (tertiary/aromatic N) is 1. The van der Waals surface area contributed by atoms with E-state index in [1.807, 2.05) is 0 Å². The van der Waals surface area contributed by atoms with Gasteiger partial charge in [-0.2, -0.15) is 0 Å². The fraction of sp³-hybridized carbons (Fsp3) is 0.600. The van der Waals surface area contributed by atoms with E-state index in [9.17, 15) is 18.3 Å². The second kappa shape index (κ2) is 4.15. The third-order valence-corrected chi connectivity index (χ3v) is 5.78. The Morgan fingerprint density at radius 3 is 2.47 bits per heavy atom. The van der Waals surface area contributed by atoms with Crippen LogP contribution in [0.5, 0.6) is 0 Å². The van der Waals surface area contributed by atoms with Gasteiger partial charge in [0.25, 0.3) is 0 Å². The molecule has 0 aromatic carbocycles. The molecule has 0 radical (unpaired) electrons. The fourth-order valence-electron chi connectivity index (χ4n) is 1.83. The van der Waals surface area contributed by atoms with Crippen molar-refractivity contribution in [3.05, 3.63) is 11.1 Å². The minimum Gasteiger partial charge on any atom is -0.384 e. The van der Waals surface area contributed by atoms with Gasteiger partial charge in [-0.3, -0.25) is 4.79 Å². The van der Waals surface area contributed by atoms with Crippen molar-refractivity contribution in [2.24, 2.45) is 0 Å². The van der Waals surface area contributed by atoms with E-state index in [-0.39, 0.29) is 10.1 Å². The van der Waals surface area contributed by atoms with E-state index < -0.39 is 15.4 Å². The maximum atomic E-state index is 11.3. The first kappa shape index (κ1) is 12.7. The summed E-state index contributed by atoms with van der Waals surface area (Å²) in [4.78, 5) is 15.5. The summed E-state index contributed by atoms with van der Waals surface area (Å²) >= 11 is 0.986. The molecule has 94 valence electrons. The zero-order valence-corrected chi connectivity index (χ0v) is 11.0. The summed E-state index contributed by atoms with van der Waals surface area (Å²) in [5.74, 6) is 0.141. The van der Waals surface area contributed by atoms with Crippen molar-refractivity contribution in [1.29, 1.82) is 0 Å². The van der Waals surface area contributed by atoms with Crippen molar-refractivity contribution < 1.29 is 18.3 Å². The third kappa shape index (κ3) is 2.56. The van der Waals surface area contributed by atoms with Crippen molar-refractivity contribution in [1.82, 2.24) is 4.98 Å². The van der Waals surface area contributed by atoms with Crippen LogP contribution < -0.4 is 0 Å². The van der Waals surface area contributed by atoms with Crippen LogP contribution in [0.3, 0.4) is 0 Å². The highest BCUT2D eigenvalue weighted by Crippen LogP contribution is 2.39. The normalized spacial score (nSPS) is 20.5. The summed E-state index contributed by atoms with van der Waals surface area (Å²) in [6.45, 7) is 0. The Kier molecular flexibility index (Phi) is 3.09. The van der Waals surface area contributed by atoms with Crippen LogP contribution in [0.2, 0.25) is 0 Å². The van der Waals surface area contributed by atoms with Crippen LogP contribution >= 0.6 is 11.3 Å². The van der Waals surface area contributed by atoms with Crippen LogP contribution in [-0.4, -0.2) is 30.5 Å². The number of hydrogen-bond donors (Lipinski definition) is 1. The second-order valence-electron chi connectivity index (χ2n) is 4.33. The van der Waals surface area contributed by atoms with E-state index >= 15 is 0 Å². The predicted octanol–water partition coefficient (Wildman–Crippen LogP) is 0.877. The number of Topliss-reactive ketones (excluding diaryl/α,β-unsaturated/α-hetero) is 1. The molecule has 0 bridgehead atoms. The Labute approximate surface area is 103 Å². The number of rotatable bonds is 2. The number of carbonyl (C=O) groups is 1. The smallest absolute Gasteiger partial charge is 0.209 e. The molecule has 1 aliphatic rings. The third-order valence-electron chi connectivity index (χ3n) is 2.90. The van der Waals surface area contributed by atoms with E-state index in [1.165, 1.54) is 6.20 Å². The summed E-state index contributed by atoms with van der Waals surface area (Å²) in [5, 5.41) is 10.4. The Hall–Kier alpha value is -0.790. The van der Waals surface area contributed by atoms with Gasteiger partial charge in [-0.25, -0.2) is 13.4 Å². The summed E-state index contributed by atoms with van der Waals surface area (Å²) < 4.78 is 22.6. The predicted molar refractivity (Wildman–Crippen MR) is 62.6 cm³/mol. The number of aromatic nitrogens is 1. The van der Waals surface area contributed by atoms with E-state index in [0.29, 0.717) is 30.6 Å². The number of hydrogen-bond acceptors (Lipinski definition) is 6. The monoisotopic (exact) mass is 275 g/mol. The molecule has 0 spiro atoms. The minimum absolute atomic E-state index is 0.0119. The Morgan fingerprint density at radius 1 is 1.41 bits per heavy atom. The molecule has 0 saturated heterocycles. The van der Waals surface area contributed by atoms with Crippen LogP contribution in [0.15, 0.2) is 10.5 Å². The number of thiazole rings is 1. The maximum Gasteiger partial charge on any atom is 0.209 e. The lowest BCUT2D eigenvalue weighted by molar-refractivity contribution is -0.125. The molecule has 1 N–H and O–H groups in total. The molecule has 1 aliphatic carbocycles. The highest BCUT2D eigenvalue weighted by Gasteiger charge is 2.36. The van der Waals surface area contributed by atoms with Gasteiger partial charge in [-0.15, -0.1) is 11.3 Å². The van der Waals surface area contributed by atoms with Crippen molar-refractivity contribution in [3.63, 3.8) is 0 Å². The lowest BCUT2D eigenvalue weighted by atomic mass is 9.83. The molecular weight excluding hydrogens is 262 g/mol. The molecule has 7 heteroatoms. The van der Waals surface area contributed by atoms with Gasteiger partial charge in [0, 0.05) is 25.3 Å². The van der Waals surface area contributed by atoms with Gasteiger partial charge in [0.15, 0.2) is 0 Å². The molecule has 17 heavy (non-hydrogen) atoms. The van der Waals surface area contributed by atoms with E-state index in [2.05, 4.69) is 4.98 Å². The molecule has 1 aromatic rings. The Bertz CT molecular complexity index is 536. The number of carbonyl (C=O) groups excluding carboxylic acids is 1. The van der Waals surface area contributed by atoms with Gasteiger partial charge >= 0.3 is 0 Å². The minimum atomic E-state index is -3.33. The second-order valence-corrected chi connectivity index (χ2v) is 7.55. The first-order valence-electron chi connectivity index (χ1n) is 5.22.